The number of alkyl halides is 1. The number of carboxylic acid groups (broad SMARTS) is 1. The van der Waals surface area contributed by atoms with Crippen LogP contribution in [0.15, 0.2) is 12.1 Å². The second kappa shape index (κ2) is 6.80. The van der Waals surface area contributed by atoms with E-state index in [1.165, 1.54) is 26.4 Å². The van der Waals surface area contributed by atoms with Gasteiger partial charge in [0.15, 0.2) is 11.5 Å². The molecule has 0 aromatic heterocycles. The Morgan fingerprint density at radius 3 is 2.50 bits per heavy atom. The Morgan fingerprint density at radius 1 is 1.33 bits per heavy atom. The number of anilines is 1. The second-order valence-electron chi connectivity index (χ2n) is 3.18. The van der Waals surface area contributed by atoms with Crippen molar-refractivity contribution in [1.29, 1.82) is 0 Å². The summed E-state index contributed by atoms with van der Waals surface area (Å²) in [7, 11) is 2.92. The number of carbonyl (C=O) groups is 1. The first-order valence-electron chi connectivity index (χ1n) is 5.07. The van der Waals surface area contributed by atoms with Crippen LogP contribution in [0, 0.1) is 0 Å². The Kier molecular flexibility index (Phi) is 5.38. The van der Waals surface area contributed by atoms with Gasteiger partial charge in [-0.15, -0.1) is 11.6 Å². The maximum absolute atomic E-state index is 10.6. The van der Waals surface area contributed by atoms with Gasteiger partial charge in [-0.3, -0.25) is 5.32 Å². The van der Waals surface area contributed by atoms with E-state index in [2.05, 4.69) is 5.32 Å². The molecule has 1 amide bonds. The highest BCUT2D eigenvalue weighted by molar-refractivity contribution is 6.18. The Bertz CT molecular complexity index is 424. The predicted octanol–water partition coefficient (Wildman–Crippen LogP) is 2.41. The highest BCUT2D eigenvalue weighted by atomic mass is 35.5. The quantitative estimate of drug-likeness (QED) is 0.780. The molecule has 1 aromatic rings. The zero-order valence-electron chi connectivity index (χ0n) is 10.0. The molecular weight excluding hydrogens is 262 g/mol. The van der Waals surface area contributed by atoms with Crippen LogP contribution >= 0.6 is 11.6 Å². The lowest BCUT2D eigenvalue weighted by atomic mass is 10.2. The molecule has 0 fully saturated rings. The van der Waals surface area contributed by atoms with Crippen LogP contribution in [0.4, 0.5) is 10.5 Å². The van der Waals surface area contributed by atoms with Gasteiger partial charge < -0.3 is 19.3 Å². The molecule has 0 saturated heterocycles. The standard InChI is InChI=1S/C11H14ClNO5/c1-16-8-5-7(13-11(14)15)6-9(10(8)17-2)18-4-3-12/h5-6,13H,3-4H2,1-2H3,(H,14,15). The minimum absolute atomic E-state index is 0.275. The Hall–Kier alpha value is -1.82. The van der Waals surface area contributed by atoms with Crippen molar-refractivity contribution in [2.45, 2.75) is 0 Å². The maximum atomic E-state index is 10.6. The van der Waals surface area contributed by atoms with Gasteiger partial charge in [0, 0.05) is 12.1 Å². The van der Waals surface area contributed by atoms with Crippen LogP contribution in [0.25, 0.3) is 0 Å². The molecule has 6 nitrogen and oxygen atoms in total. The van der Waals surface area contributed by atoms with Gasteiger partial charge in [-0.2, -0.15) is 0 Å². The fourth-order valence-corrected chi connectivity index (χ4v) is 1.46. The highest BCUT2D eigenvalue weighted by Crippen LogP contribution is 2.40. The molecule has 0 saturated carbocycles. The van der Waals surface area contributed by atoms with E-state index in [0.29, 0.717) is 28.8 Å². The van der Waals surface area contributed by atoms with Crippen LogP contribution < -0.4 is 19.5 Å². The van der Waals surface area contributed by atoms with Crippen molar-refractivity contribution in [3.05, 3.63) is 12.1 Å². The monoisotopic (exact) mass is 275 g/mol. The minimum Gasteiger partial charge on any atom is -0.493 e. The highest BCUT2D eigenvalue weighted by Gasteiger charge is 2.14. The van der Waals surface area contributed by atoms with Crippen LogP contribution in [-0.2, 0) is 0 Å². The number of rotatable bonds is 6. The lowest BCUT2D eigenvalue weighted by Gasteiger charge is -2.15. The van der Waals surface area contributed by atoms with Gasteiger partial charge in [-0.05, 0) is 0 Å². The molecule has 0 atom stereocenters. The number of ether oxygens (including phenoxy) is 3. The summed E-state index contributed by atoms with van der Waals surface area (Å²) in [6, 6.07) is 3.00. The van der Waals surface area contributed by atoms with Gasteiger partial charge in [0.25, 0.3) is 0 Å². The molecule has 0 radical (unpaired) electrons. The molecule has 2 N–H and O–H groups in total. The van der Waals surface area contributed by atoms with Gasteiger partial charge in [0.2, 0.25) is 5.75 Å². The summed E-state index contributed by atoms with van der Waals surface area (Å²) in [6.07, 6.45) is -1.18. The summed E-state index contributed by atoms with van der Waals surface area (Å²) < 4.78 is 15.6. The van der Waals surface area contributed by atoms with Crippen LogP contribution in [-0.4, -0.2) is 37.9 Å². The van der Waals surface area contributed by atoms with Crippen LogP contribution in [0.5, 0.6) is 17.2 Å². The van der Waals surface area contributed by atoms with Gasteiger partial charge >= 0.3 is 6.09 Å². The summed E-state index contributed by atoms with van der Waals surface area (Å²) >= 11 is 5.54. The van der Waals surface area contributed by atoms with Gasteiger partial charge in [-0.25, -0.2) is 4.79 Å². The average Bonchev–Trinajstić information content (AvgIpc) is 2.34. The second-order valence-corrected chi connectivity index (χ2v) is 3.56. The third-order valence-electron chi connectivity index (χ3n) is 2.03. The smallest absolute Gasteiger partial charge is 0.409 e. The normalized spacial score (nSPS) is 9.72. The molecule has 1 rings (SSSR count). The molecule has 100 valence electrons. The zero-order valence-corrected chi connectivity index (χ0v) is 10.8. The number of methoxy groups -OCH3 is 2. The average molecular weight is 276 g/mol. The van der Waals surface area contributed by atoms with Crippen molar-refractivity contribution < 1.29 is 24.1 Å². The van der Waals surface area contributed by atoms with Crippen molar-refractivity contribution in [3.8, 4) is 17.2 Å². The summed E-state index contributed by atoms with van der Waals surface area (Å²) in [5, 5.41) is 10.9. The van der Waals surface area contributed by atoms with Crippen LogP contribution in [0.3, 0.4) is 0 Å². The van der Waals surface area contributed by atoms with E-state index in [0.717, 1.165) is 0 Å². The van der Waals surface area contributed by atoms with E-state index in [1.54, 1.807) is 0 Å². The van der Waals surface area contributed by atoms with Gasteiger partial charge in [-0.1, -0.05) is 0 Å². The van der Waals surface area contributed by atoms with Gasteiger partial charge in [0.1, 0.15) is 6.61 Å². The number of nitrogens with one attached hydrogen (secondary N) is 1. The van der Waals surface area contributed by atoms with Gasteiger partial charge in [0.05, 0.1) is 25.8 Å². The summed E-state index contributed by atoms with van der Waals surface area (Å²) in [5.74, 6) is 1.43. The number of benzene rings is 1. The fourth-order valence-electron chi connectivity index (χ4n) is 1.38. The molecule has 18 heavy (non-hydrogen) atoms. The third kappa shape index (κ3) is 3.59. The van der Waals surface area contributed by atoms with Crippen molar-refractivity contribution >= 4 is 23.4 Å². The van der Waals surface area contributed by atoms with Crippen molar-refractivity contribution in [2.24, 2.45) is 0 Å². The molecule has 0 aliphatic carbocycles. The molecule has 0 bridgehead atoms. The summed E-state index contributed by atoms with van der Waals surface area (Å²) in [5.41, 5.74) is 0.324. The number of hydrogen-bond donors (Lipinski definition) is 2. The van der Waals surface area contributed by atoms with Crippen molar-refractivity contribution in [2.75, 3.05) is 32.0 Å². The molecule has 0 heterocycles. The number of amides is 1. The molecule has 0 aliphatic heterocycles. The lowest BCUT2D eigenvalue weighted by Crippen LogP contribution is -2.08. The molecule has 1 aromatic carbocycles. The SMILES string of the molecule is COc1cc(NC(=O)O)cc(OCCCl)c1OC. The van der Waals surface area contributed by atoms with E-state index in [-0.39, 0.29) is 6.61 Å². The topological polar surface area (TPSA) is 77.0 Å². The third-order valence-corrected chi connectivity index (χ3v) is 2.19. The molecular formula is C11H14ClNO5. The molecule has 7 heteroatoms. The van der Waals surface area contributed by atoms with E-state index in [9.17, 15) is 4.79 Å². The first-order chi connectivity index (χ1) is 8.62. The van der Waals surface area contributed by atoms with E-state index < -0.39 is 6.09 Å². The zero-order chi connectivity index (χ0) is 13.5. The van der Waals surface area contributed by atoms with Crippen molar-refractivity contribution in [3.63, 3.8) is 0 Å². The van der Waals surface area contributed by atoms with E-state index in [4.69, 9.17) is 30.9 Å². The first kappa shape index (κ1) is 14.2. The van der Waals surface area contributed by atoms with Crippen molar-refractivity contribution in [1.82, 2.24) is 0 Å². The fraction of sp³-hybridized carbons (Fsp3) is 0.364. The summed E-state index contributed by atoms with van der Waals surface area (Å²) in [6.45, 7) is 0.275. The first-order valence-corrected chi connectivity index (χ1v) is 5.60. The van der Waals surface area contributed by atoms with E-state index in [1.807, 2.05) is 0 Å². The van der Waals surface area contributed by atoms with Crippen LogP contribution in [0.2, 0.25) is 0 Å². The molecule has 0 unspecified atom stereocenters. The summed E-state index contributed by atoms with van der Waals surface area (Å²) in [4.78, 5) is 10.6. The molecule has 0 spiro atoms. The maximum Gasteiger partial charge on any atom is 0.409 e. The van der Waals surface area contributed by atoms with Crippen LogP contribution in [0.1, 0.15) is 0 Å². The number of hydrogen-bond acceptors (Lipinski definition) is 4. The minimum atomic E-state index is -1.18. The largest absolute Gasteiger partial charge is 0.493 e. The Balaban J connectivity index is 3.13. The predicted molar refractivity (Wildman–Crippen MR) is 67.4 cm³/mol. The Morgan fingerprint density at radius 2 is 2.00 bits per heavy atom. The number of halogens is 1. The Labute approximate surface area is 109 Å². The van der Waals surface area contributed by atoms with E-state index >= 15 is 0 Å². The lowest BCUT2D eigenvalue weighted by molar-refractivity contribution is 0.209. The molecule has 0 aliphatic rings.